The third kappa shape index (κ3) is 5.27. The van der Waals surface area contributed by atoms with Crippen LogP contribution in [-0.2, 0) is 4.79 Å². The Bertz CT molecular complexity index is 599. The number of nitrogens with one attached hydrogen (secondary N) is 1. The number of rotatable bonds is 7. The maximum atomic E-state index is 11.3. The Labute approximate surface area is 133 Å². The molecule has 0 unspecified atom stereocenters. The molecule has 116 valence electrons. The van der Waals surface area contributed by atoms with Gasteiger partial charge in [-0.25, -0.2) is 0 Å². The van der Waals surface area contributed by atoms with Crippen molar-refractivity contribution in [2.75, 3.05) is 19.8 Å². The highest BCUT2D eigenvalue weighted by Crippen LogP contribution is 2.24. The van der Waals surface area contributed by atoms with E-state index in [1.807, 2.05) is 0 Å². The van der Waals surface area contributed by atoms with Crippen LogP contribution < -0.4 is 14.8 Å². The molecule has 0 atom stereocenters. The lowest BCUT2D eigenvalue weighted by atomic mass is 10.3. The summed E-state index contributed by atoms with van der Waals surface area (Å²) in [6, 6.07) is 14.0. The highest BCUT2D eigenvalue weighted by atomic mass is 35.5. The molecule has 0 spiro atoms. The molecule has 0 radical (unpaired) electrons. The molecule has 5 nitrogen and oxygen atoms in total. The van der Waals surface area contributed by atoms with Crippen molar-refractivity contribution in [3.05, 3.63) is 53.6 Å². The first-order chi connectivity index (χ1) is 10.7. The third-order valence-corrected chi connectivity index (χ3v) is 2.93. The quantitative estimate of drug-likeness (QED) is 0.822. The summed E-state index contributed by atoms with van der Waals surface area (Å²) in [6.45, 7) is 0.0237. The van der Waals surface area contributed by atoms with Crippen molar-refractivity contribution in [2.24, 2.45) is 0 Å². The van der Waals surface area contributed by atoms with Crippen molar-refractivity contribution < 1.29 is 19.4 Å². The average Bonchev–Trinajstić information content (AvgIpc) is 2.54. The second-order valence-electron chi connectivity index (χ2n) is 4.39. The van der Waals surface area contributed by atoms with Crippen molar-refractivity contribution in [3.8, 4) is 17.2 Å². The molecule has 0 fully saturated rings. The first kappa shape index (κ1) is 16.1. The lowest BCUT2D eigenvalue weighted by molar-refractivity contribution is -0.123. The van der Waals surface area contributed by atoms with Crippen molar-refractivity contribution in [1.82, 2.24) is 5.32 Å². The number of aliphatic hydroxyl groups is 1. The highest BCUT2D eigenvalue weighted by Gasteiger charge is 2.03. The van der Waals surface area contributed by atoms with E-state index in [0.29, 0.717) is 22.3 Å². The van der Waals surface area contributed by atoms with E-state index in [9.17, 15) is 4.79 Å². The zero-order chi connectivity index (χ0) is 15.8. The van der Waals surface area contributed by atoms with Crippen molar-refractivity contribution in [2.45, 2.75) is 0 Å². The molecule has 0 heterocycles. The lowest BCUT2D eigenvalue weighted by Crippen LogP contribution is -2.31. The Balaban J connectivity index is 1.85. The van der Waals surface area contributed by atoms with E-state index in [2.05, 4.69) is 5.32 Å². The minimum Gasteiger partial charge on any atom is -0.484 e. The summed E-state index contributed by atoms with van der Waals surface area (Å²) in [7, 11) is 0. The van der Waals surface area contributed by atoms with E-state index >= 15 is 0 Å². The van der Waals surface area contributed by atoms with Gasteiger partial charge in [0, 0.05) is 11.6 Å². The zero-order valence-corrected chi connectivity index (χ0v) is 12.5. The van der Waals surface area contributed by atoms with Gasteiger partial charge in [-0.1, -0.05) is 11.6 Å². The predicted octanol–water partition coefficient (Wildman–Crippen LogP) is 2.62. The molecule has 22 heavy (non-hydrogen) atoms. The number of benzene rings is 2. The molecule has 0 aliphatic rings. The van der Waals surface area contributed by atoms with Crippen LogP contribution in [0, 0.1) is 0 Å². The Morgan fingerprint density at radius 3 is 2.14 bits per heavy atom. The summed E-state index contributed by atoms with van der Waals surface area (Å²) in [4.78, 5) is 11.3. The molecule has 2 N–H and O–H groups in total. The third-order valence-electron chi connectivity index (χ3n) is 2.68. The Morgan fingerprint density at radius 2 is 1.55 bits per heavy atom. The first-order valence-corrected chi connectivity index (χ1v) is 7.09. The van der Waals surface area contributed by atoms with Crippen LogP contribution in [0.1, 0.15) is 0 Å². The van der Waals surface area contributed by atoms with Crippen LogP contribution in [0.5, 0.6) is 17.2 Å². The van der Waals surface area contributed by atoms with Crippen LogP contribution >= 0.6 is 11.6 Å². The van der Waals surface area contributed by atoms with Crippen LogP contribution in [0.15, 0.2) is 48.5 Å². The number of aliphatic hydroxyl groups excluding tert-OH is 1. The summed E-state index contributed by atoms with van der Waals surface area (Å²) >= 11 is 5.81. The lowest BCUT2D eigenvalue weighted by Gasteiger charge is -2.08. The van der Waals surface area contributed by atoms with Gasteiger partial charge >= 0.3 is 0 Å². The second-order valence-corrected chi connectivity index (χ2v) is 4.83. The molecule has 0 bridgehead atoms. The summed E-state index contributed by atoms with van der Waals surface area (Å²) in [5, 5.41) is 11.7. The second kappa shape index (κ2) is 8.26. The van der Waals surface area contributed by atoms with Crippen LogP contribution in [0.4, 0.5) is 0 Å². The van der Waals surface area contributed by atoms with Crippen molar-refractivity contribution in [3.63, 3.8) is 0 Å². The van der Waals surface area contributed by atoms with Gasteiger partial charge < -0.3 is 19.9 Å². The minimum atomic E-state index is -0.282. The Hall–Kier alpha value is -2.24. The number of amides is 1. The number of hydrogen-bond acceptors (Lipinski definition) is 4. The molecule has 6 heteroatoms. The largest absolute Gasteiger partial charge is 0.484 e. The van der Waals surface area contributed by atoms with Gasteiger partial charge in [0.1, 0.15) is 17.2 Å². The smallest absolute Gasteiger partial charge is 0.258 e. The van der Waals surface area contributed by atoms with E-state index in [1.165, 1.54) is 0 Å². The number of hydrogen-bond donors (Lipinski definition) is 2. The monoisotopic (exact) mass is 321 g/mol. The number of halogens is 1. The molecular formula is C16H16ClNO4. The maximum Gasteiger partial charge on any atom is 0.258 e. The first-order valence-electron chi connectivity index (χ1n) is 6.71. The Morgan fingerprint density at radius 1 is 1.00 bits per heavy atom. The molecule has 1 amide bonds. The fraction of sp³-hybridized carbons (Fsp3) is 0.188. The molecule has 0 aromatic heterocycles. The molecule has 0 saturated carbocycles. The summed E-state index contributed by atoms with van der Waals surface area (Å²) in [5.74, 6) is 1.61. The van der Waals surface area contributed by atoms with Gasteiger partial charge in [0.15, 0.2) is 6.61 Å². The zero-order valence-electron chi connectivity index (χ0n) is 11.8. The van der Waals surface area contributed by atoms with Crippen LogP contribution in [0.25, 0.3) is 0 Å². The molecule has 2 aromatic rings. The number of carbonyl (C=O) groups excluding carboxylic acids is 1. The predicted molar refractivity (Wildman–Crippen MR) is 83.6 cm³/mol. The van der Waals surface area contributed by atoms with E-state index in [-0.39, 0.29) is 25.7 Å². The van der Waals surface area contributed by atoms with E-state index < -0.39 is 0 Å². The van der Waals surface area contributed by atoms with Gasteiger partial charge in [0.05, 0.1) is 6.61 Å². The van der Waals surface area contributed by atoms with E-state index in [4.69, 9.17) is 26.2 Å². The van der Waals surface area contributed by atoms with Gasteiger partial charge in [0.25, 0.3) is 5.91 Å². The van der Waals surface area contributed by atoms with Gasteiger partial charge in [-0.2, -0.15) is 0 Å². The van der Waals surface area contributed by atoms with Crippen LogP contribution in [0.2, 0.25) is 5.02 Å². The van der Waals surface area contributed by atoms with Gasteiger partial charge in [-0.3, -0.25) is 4.79 Å². The number of carbonyl (C=O) groups is 1. The molecule has 0 saturated heterocycles. The van der Waals surface area contributed by atoms with Crippen LogP contribution in [-0.4, -0.2) is 30.8 Å². The normalized spacial score (nSPS) is 10.1. The topological polar surface area (TPSA) is 67.8 Å². The van der Waals surface area contributed by atoms with Crippen LogP contribution in [0.3, 0.4) is 0 Å². The summed E-state index contributed by atoms with van der Waals surface area (Å²) in [6.07, 6.45) is 0. The molecule has 2 aromatic carbocycles. The van der Waals surface area contributed by atoms with Crippen molar-refractivity contribution >= 4 is 17.5 Å². The maximum absolute atomic E-state index is 11.3. The standard InChI is InChI=1S/C16H16ClNO4/c17-12-1-3-14(4-2-12)22-15-7-5-13(6-8-15)21-11-16(20)18-9-10-19/h1-8,19H,9-11H2,(H,18,20). The van der Waals surface area contributed by atoms with Gasteiger partial charge in [-0.15, -0.1) is 0 Å². The fourth-order valence-electron chi connectivity index (χ4n) is 1.64. The fourth-order valence-corrected chi connectivity index (χ4v) is 1.76. The van der Waals surface area contributed by atoms with Gasteiger partial charge in [-0.05, 0) is 48.5 Å². The van der Waals surface area contributed by atoms with Gasteiger partial charge in [0.2, 0.25) is 0 Å². The molecular weight excluding hydrogens is 306 g/mol. The molecule has 0 aliphatic carbocycles. The van der Waals surface area contributed by atoms with E-state index in [1.54, 1.807) is 48.5 Å². The van der Waals surface area contributed by atoms with Crippen molar-refractivity contribution in [1.29, 1.82) is 0 Å². The molecule has 2 rings (SSSR count). The SMILES string of the molecule is O=C(COc1ccc(Oc2ccc(Cl)cc2)cc1)NCCO. The Kier molecular flexibility index (Phi) is 6.06. The minimum absolute atomic E-state index is 0.0948. The molecule has 0 aliphatic heterocycles. The van der Waals surface area contributed by atoms with E-state index in [0.717, 1.165) is 0 Å². The average molecular weight is 322 g/mol. The number of ether oxygens (including phenoxy) is 2. The summed E-state index contributed by atoms with van der Waals surface area (Å²) < 4.78 is 11.0. The highest BCUT2D eigenvalue weighted by molar-refractivity contribution is 6.30. The summed E-state index contributed by atoms with van der Waals surface area (Å²) in [5.41, 5.74) is 0.